The van der Waals surface area contributed by atoms with Crippen LogP contribution in [-0.4, -0.2) is 41.7 Å². The zero-order chi connectivity index (χ0) is 21.1. The Labute approximate surface area is 178 Å². The first kappa shape index (κ1) is 20.1. The predicted molar refractivity (Wildman–Crippen MR) is 103 cm³/mol. The summed E-state index contributed by atoms with van der Waals surface area (Å²) in [7, 11) is 0. The lowest BCUT2D eigenvalue weighted by molar-refractivity contribution is -0.226. The molecular weight excluding hydrogens is 470 g/mol. The molecule has 0 unspecified atom stereocenters. The number of ether oxygens (including phenoxy) is 3. The minimum atomic E-state index is -1.58. The molecule has 2 fully saturated rings. The van der Waals surface area contributed by atoms with Gasteiger partial charge in [0.05, 0.1) is 28.6 Å². The summed E-state index contributed by atoms with van der Waals surface area (Å²) in [6.07, 6.45) is 0.933. The first-order valence-corrected chi connectivity index (χ1v) is 9.87. The Kier molecular flexibility index (Phi) is 4.79. The second kappa shape index (κ2) is 6.93. The first-order chi connectivity index (χ1) is 13.7. The molecule has 0 aliphatic carbocycles. The van der Waals surface area contributed by atoms with Crippen LogP contribution in [0.25, 0.3) is 0 Å². The van der Waals surface area contributed by atoms with Crippen molar-refractivity contribution in [3.63, 3.8) is 0 Å². The molecule has 8 nitrogen and oxygen atoms in total. The summed E-state index contributed by atoms with van der Waals surface area (Å²) >= 11 is 9.39. The summed E-state index contributed by atoms with van der Waals surface area (Å²) in [5.74, 6) is -4.29. The number of hydrogen-bond acceptors (Lipinski definition) is 7. The fraction of sp³-hybridized carbons (Fsp3) is 0.368. The Morgan fingerprint density at radius 2 is 1.86 bits per heavy atom. The molecule has 2 amide bonds. The maximum atomic E-state index is 13.3. The van der Waals surface area contributed by atoms with Crippen LogP contribution in [0.15, 0.2) is 34.8 Å². The standard InChI is InChI=1S/C19H15BrClNO7/c1-8(23)27-18(28-9(2)24)19-6-5-13(29-19)14-15(19)17(26)22(16(14)25)10-3-4-11(20)12(21)7-10/h3-7,13-15,18H,1-2H3/t13-,14+,15-,19+/m1/s1. The normalized spacial score (nSPS) is 29.6. The lowest BCUT2D eigenvalue weighted by Gasteiger charge is -2.34. The Morgan fingerprint density at radius 3 is 2.45 bits per heavy atom. The van der Waals surface area contributed by atoms with Crippen LogP contribution in [0.3, 0.4) is 0 Å². The van der Waals surface area contributed by atoms with Crippen molar-refractivity contribution in [2.75, 3.05) is 4.90 Å². The summed E-state index contributed by atoms with van der Waals surface area (Å²) in [6.45, 7) is 2.29. The minimum Gasteiger partial charge on any atom is -0.422 e. The van der Waals surface area contributed by atoms with Gasteiger partial charge in [-0.3, -0.25) is 19.2 Å². The number of nitrogens with zero attached hydrogens (tertiary/aromatic N) is 1. The zero-order valence-corrected chi connectivity index (χ0v) is 17.6. The molecule has 0 spiro atoms. The summed E-state index contributed by atoms with van der Waals surface area (Å²) in [5, 5.41) is 0.338. The number of carbonyl (C=O) groups excluding carboxylic acids is 4. The van der Waals surface area contributed by atoms with Crippen LogP contribution < -0.4 is 4.90 Å². The quantitative estimate of drug-likeness (QED) is 0.280. The van der Waals surface area contributed by atoms with Gasteiger partial charge in [-0.15, -0.1) is 0 Å². The van der Waals surface area contributed by atoms with Gasteiger partial charge in [-0.05, 0) is 40.2 Å². The Morgan fingerprint density at radius 1 is 1.21 bits per heavy atom. The van der Waals surface area contributed by atoms with Crippen molar-refractivity contribution in [1.29, 1.82) is 0 Å². The third kappa shape index (κ3) is 2.99. The lowest BCUT2D eigenvalue weighted by atomic mass is 9.76. The molecule has 0 saturated carbocycles. The largest absolute Gasteiger partial charge is 0.422 e. The van der Waals surface area contributed by atoms with Gasteiger partial charge in [0, 0.05) is 18.3 Å². The number of hydrogen-bond donors (Lipinski definition) is 0. The van der Waals surface area contributed by atoms with E-state index in [1.165, 1.54) is 12.1 Å². The topological polar surface area (TPSA) is 99.2 Å². The number of anilines is 1. The molecule has 10 heteroatoms. The minimum absolute atomic E-state index is 0.314. The van der Waals surface area contributed by atoms with Crippen molar-refractivity contribution in [3.8, 4) is 0 Å². The molecule has 4 atom stereocenters. The monoisotopic (exact) mass is 483 g/mol. The molecule has 0 N–H and O–H groups in total. The summed E-state index contributed by atoms with van der Waals surface area (Å²) in [4.78, 5) is 50.6. The van der Waals surface area contributed by atoms with Gasteiger partial charge in [-0.1, -0.05) is 17.7 Å². The molecule has 2 bridgehead atoms. The van der Waals surface area contributed by atoms with Gasteiger partial charge >= 0.3 is 11.9 Å². The van der Waals surface area contributed by atoms with Crippen LogP contribution in [0.2, 0.25) is 5.02 Å². The molecule has 0 aromatic heterocycles. The van der Waals surface area contributed by atoms with Crippen LogP contribution in [0.5, 0.6) is 0 Å². The number of halogens is 2. The third-order valence-corrected chi connectivity index (χ3v) is 6.39. The highest BCUT2D eigenvalue weighted by Crippen LogP contribution is 2.54. The summed E-state index contributed by atoms with van der Waals surface area (Å²) < 4.78 is 16.8. The maximum Gasteiger partial charge on any atom is 0.305 e. The van der Waals surface area contributed by atoms with Crippen molar-refractivity contribution in [2.45, 2.75) is 31.8 Å². The van der Waals surface area contributed by atoms with Crippen LogP contribution in [-0.2, 0) is 33.4 Å². The van der Waals surface area contributed by atoms with E-state index >= 15 is 0 Å². The van der Waals surface area contributed by atoms with Gasteiger partial charge in [0.2, 0.25) is 11.8 Å². The predicted octanol–water partition coefficient (Wildman–Crippen LogP) is 2.37. The van der Waals surface area contributed by atoms with E-state index in [2.05, 4.69) is 15.9 Å². The number of fused-ring (bicyclic) bond motifs is 5. The maximum absolute atomic E-state index is 13.3. The van der Waals surface area contributed by atoms with Crippen LogP contribution in [0, 0.1) is 11.8 Å². The van der Waals surface area contributed by atoms with Gasteiger partial charge in [0.1, 0.15) is 0 Å². The second-order valence-corrected chi connectivity index (χ2v) is 8.22. The van der Waals surface area contributed by atoms with Gasteiger partial charge in [0.25, 0.3) is 6.29 Å². The molecular formula is C19H15BrClNO7. The zero-order valence-electron chi connectivity index (χ0n) is 15.3. The van der Waals surface area contributed by atoms with Gasteiger partial charge < -0.3 is 14.2 Å². The molecule has 3 aliphatic rings. The molecule has 1 aromatic carbocycles. The molecule has 2 saturated heterocycles. The molecule has 0 radical (unpaired) electrons. The van der Waals surface area contributed by atoms with Gasteiger partial charge in [-0.2, -0.15) is 0 Å². The number of amides is 2. The van der Waals surface area contributed by atoms with E-state index in [0.717, 1.165) is 18.7 Å². The van der Waals surface area contributed by atoms with E-state index in [-0.39, 0.29) is 0 Å². The summed E-state index contributed by atoms with van der Waals surface area (Å²) in [5.41, 5.74) is -1.26. The number of benzene rings is 1. The number of rotatable bonds is 4. The highest BCUT2D eigenvalue weighted by molar-refractivity contribution is 9.10. The number of carbonyl (C=O) groups is 4. The Balaban J connectivity index is 1.75. The average molecular weight is 485 g/mol. The molecule has 3 aliphatic heterocycles. The van der Waals surface area contributed by atoms with Crippen LogP contribution >= 0.6 is 27.5 Å². The molecule has 4 rings (SSSR count). The first-order valence-electron chi connectivity index (χ1n) is 8.70. The fourth-order valence-corrected chi connectivity index (χ4v) is 4.52. The van der Waals surface area contributed by atoms with E-state index in [1.54, 1.807) is 18.2 Å². The van der Waals surface area contributed by atoms with Crippen molar-refractivity contribution in [1.82, 2.24) is 0 Å². The highest BCUT2D eigenvalue weighted by Gasteiger charge is 2.72. The van der Waals surface area contributed by atoms with E-state index in [9.17, 15) is 19.2 Å². The molecule has 152 valence electrons. The molecule has 1 aromatic rings. The van der Waals surface area contributed by atoms with E-state index in [4.69, 9.17) is 25.8 Å². The van der Waals surface area contributed by atoms with E-state index in [1.807, 2.05) is 0 Å². The second-order valence-electron chi connectivity index (χ2n) is 6.96. The van der Waals surface area contributed by atoms with Crippen molar-refractivity contribution < 1.29 is 33.4 Å². The van der Waals surface area contributed by atoms with Crippen molar-refractivity contribution >= 4 is 57.0 Å². The van der Waals surface area contributed by atoms with Crippen LogP contribution in [0.1, 0.15) is 13.8 Å². The van der Waals surface area contributed by atoms with Gasteiger partial charge in [-0.25, -0.2) is 4.90 Å². The SMILES string of the molecule is CC(=O)OC(OC(C)=O)[C@@]12C=C[C@@H](O1)[C@@H]1C(=O)N(c3ccc(Br)c(Cl)c3)C(=O)[C@@H]12. The average Bonchev–Trinajstić information content (AvgIpc) is 3.28. The third-order valence-electron chi connectivity index (χ3n) is 5.15. The van der Waals surface area contributed by atoms with E-state index < -0.39 is 53.6 Å². The highest BCUT2D eigenvalue weighted by atomic mass is 79.9. The fourth-order valence-electron chi connectivity index (χ4n) is 4.10. The Hall–Kier alpha value is -2.23. The Bertz CT molecular complexity index is 963. The van der Waals surface area contributed by atoms with Crippen LogP contribution in [0.4, 0.5) is 5.69 Å². The van der Waals surface area contributed by atoms with Gasteiger partial charge in [0.15, 0.2) is 5.60 Å². The van der Waals surface area contributed by atoms with Crippen molar-refractivity contribution in [3.05, 3.63) is 39.8 Å². The number of imide groups is 1. The smallest absolute Gasteiger partial charge is 0.305 e. The summed E-state index contributed by atoms with van der Waals surface area (Å²) in [6, 6.07) is 4.72. The lowest BCUT2D eigenvalue weighted by Crippen LogP contribution is -2.52. The van der Waals surface area contributed by atoms with Crippen molar-refractivity contribution in [2.24, 2.45) is 11.8 Å². The van der Waals surface area contributed by atoms with E-state index in [0.29, 0.717) is 15.2 Å². The number of esters is 2. The molecule has 3 heterocycles. The molecule has 29 heavy (non-hydrogen) atoms.